The number of nitrogens with zero attached hydrogens (tertiary/aromatic N) is 2. The minimum atomic E-state index is -0.875. The molecule has 1 aromatic rings. The van der Waals surface area contributed by atoms with Crippen molar-refractivity contribution < 1.29 is 9.90 Å². The Kier molecular flexibility index (Phi) is 1.61. The first-order valence-corrected chi connectivity index (χ1v) is 3.95. The number of carboxylic acid groups (broad SMARTS) is 1. The van der Waals surface area contributed by atoms with Crippen molar-refractivity contribution in [3.05, 3.63) is 11.8 Å². The van der Waals surface area contributed by atoms with Crippen LogP contribution in [0.25, 0.3) is 0 Å². The molecule has 0 spiro atoms. The van der Waals surface area contributed by atoms with Crippen LogP contribution in [0.4, 0.5) is 10.6 Å². The van der Waals surface area contributed by atoms with Crippen molar-refractivity contribution in [2.24, 2.45) is 0 Å². The Morgan fingerprint density at radius 3 is 2.92 bits per heavy atom. The Labute approximate surface area is 74.3 Å². The highest BCUT2D eigenvalue weighted by Gasteiger charge is 2.32. The summed E-state index contributed by atoms with van der Waals surface area (Å²) in [4.78, 5) is 11.8. The molecule has 0 aliphatic carbocycles. The lowest BCUT2D eigenvalue weighted by molar-refractivity contribution is 0.104. The van der Waals surface area contributed by atoms with Crippen LogP contribution < -0.4 is 5.73 Å². The Morgan fingerprint density at radius 2 is 2.46 bits per heavy atom. The Morgan fingerprint density at radius 1 is 1.77 bits per heavy atom. The van der Waals surface area contributed by atoms with Gasteiger partial charge in [0.25, 0.3) is 0 Å². The van der Waals surface area contributed by atoms with E-state index in [1.165, 1.54) is 4.90 Å². The number of aromatic nitrogens is 2. The lowest BCUT2D eigenvalue weighted by Crippen LogP contribution is -2.47. The monoisotopic (exact) mass is 182 g/mol. The van der Waals surface area contributed by atoms with Crippen molar-refractivity contribution in [3.8, 4) is 0 Å². The maximum atomic E-state index is 10.4. The van der Waals surface area contributed by atoms with Crippen LogP contribution in [-0.2, 0) is 0 Å². The molecule has 1 aliphatic rings. The molecule has 6 heteroatoms. The molecule has 0 atom stereocenters. The zero-order valence-electron chi connectivity index (χ0n) is 6.90. The fourth-order valence-electron chi connectivity index (χ4n) is 1.38. The summed E-state index contributed by atoms with van der Waals surface area (Å²) < 4.78 is 0. The third-order valence-electron chi connectivity index (χ3n) is 2.19. The highest BCUT2D eigenvalue weighted by atomic mass is 16.4. The molecule has 4 N–H and O–H groups in total. The molecule has 0 radical (unpaired) electrons. The normalized spacial score (nSPS) is 17.1. The summed E-state index contributed by atoms with van der Waals surface area (Å²) in [5.74, 6) is 0.716. The van der Waals surface area contributed by atoms with E-state index in [0.29, 0.717) is 18.9 Å². The number of amides is 1. The van der Waals surface area contributed by atoms with Gasteiger partial charge >= 0.3 is 6.09 Å². The fraction of sp³-hybridized carbons (Fsp3) is 0.429. The Balaban J connectivity index is 1.97. The lowest BCUT2D eigenvalue weighted by atomic mass is 9.97. The molecule has 6 nitrogen and oxygen atoms in total. The number of nitrogens with one attached hydrogen (secondary N) is 1. The first-order chi connectivity index (χ1) is 6.16. The van der Waals surface area contributed by atoms with E-state index < -0.39 is 6.09 Å². The summed E-state index contributed by atoms with van der Waals surface area (Å²) >= 11 is 0. The van der Waals surface area contributed by atoms with Gasteiger partial charge in [0.2, 0.25) is 0 Å². The molecular weight excluding hydrogens is 172 g/mol. The standard InChI is InChI=1S/C7H10N4O2/c8-6-1-5(9-10-6)4-2-11(3-4)7(12)13/h1,4H,2-3H2,(H,12,13)(H3,8,9,10). The largest absolute Gasteiger partial charge is 0.465 e. The molecule has 1 fully saturated rings. The quantitative estimate of drug-likeness (QED) is 0.572. The molecule has 13 heavy (non-hydrogen) atoms. The molecule has 0 aromatic carbocycles. The van der Waals surface area contributed by atoms with E-state index in [2.05, 4.69) is 10.2 Å². The first kappa shape index (κ1) is 7.90. The second-order valence-electron chi connectivity index (χ2n) is 3.13. The smallest absolute Gasteiger partial charge is 0.407 e. The van der Waals surface area contributed by atoms with E-state index in [0.717, 1.165) is 5.69 Å². The molecule has 0 saturated carbocycles. The van der Waals surface area contributed by atoms with E-state index in [1.54, 1.807) is 6.07 Å². The van der Waals surface area contributed by atoms with E-state index in [1.807, 2.05) is 0 Å². The van der Waals surface area contributed by atoms with Crippen LogP contribution in [0.15, 0.2) is 6.07 Å². The maximum Gasteiger partial charge on any atom is 0.407 e. The minimum Gasteiger partial charge on any atom is -0.465 e. The second kappa shape index (κ2) is 2.65. The minimum absolute atomic E-state index is 0.199. The summed E-state index contributed by atoms with van der Waals surface area (Å²) in [6.07, 6.45) is -0.875. The van der Waals surface area contributed by atoms with Crippen LogP contribution in [0.1, 0.15) is 11.6 Å². The molecule has 70 valence electrons. The number of hydrogen-bond donors (Lipinski definition) is 3. The third-order valence-corrected chi connectivity index (χ3v) is 2.19. The van der Waals surface area contributed by atoms with E-state index in [9.17, 15) is 4.79 Å². The van der Waals surface area contributed by atoms with Crippen molar-refractivity contribution in [2.45, 2.75) is 5.92 Å². The number of carbonyl (C=O) groups is 1. The van der Waals surface area contributed by atoms with Gasteiger partial charge in [-0.25, -0.2) is 4.79 Å². The van der Waals surface area contributed by atoms with E-state index in [4.69, 9.17) is 10.8 Å². The van der Waals surface area contributed by atoms with Gasteiger partial charge in [-0.2, -0.15) is 5.10 Å². The Hall–Kier alpha value is -1.72. The summed E-state index contributed by atoms with van der Waals surface area (Å²) in [6, 6.07) is 1.74. The SMILES string of the molecule is Nc1cc(C2CN(C(=O)O)C2)n[nH]1. The van der Waals surface area contributed by atoms with Crippen LogP contribution in [0.5, 0.6) is 0 Å². The number of rotatable bonds is 1. The number of hydrogen-bond acceptors (Lipinski definition) is 3. The molecule has 2 heterocycles. The van der Waals surface area contributed by atoms with Gasteiger partial charge in [-0.15, -0.1) is 0 Å². The third kappa shape index (κ3) is 1.30. The lowest BCUT2D eigenvalue weighted by Gasteiger charge is -2.35. The summed E-state index contributed by atoms with van der Waals surface area (Å²) in [5.41, 5.74) is 6.28. The first-order valence-electron chi connectivity index (χ1n) is 3.95. The molecule has 1 saturated heterocycles. The number of H-pyrrole nitrogens is 1. The molecule has 1 amide bonds. The molecule has 1 aromatic heterocycles. The van der Waals surface area contributed by atoms with Crippen molar-refractivity contribution in [2.75, 3.05) is 18.8 Å². The van der Waals surface area contributed by atoms with E-state index in [-0.39, 0.29) is 5.92 Å². The number of aromatic amines is 1. The average molecular weight is 182 g/mol. The summed E-state index contributed by atoms with van der Waals surface area (Å²) in [7, 11) is 0. The van der Waals surface area contributed by atoms with Gasteiger partial charge in [-0.1, -0.05) is 0 Å². The van der Waals surface area contributed by atoms with Gasteiger partial charge in [0, 0.05) is 25.1 Å². The second-order valence-corrected chi connectivity index (χ2v) is 3.13. The highest BCUT2D eigenvalue weighted by molar-refractivity contribution is 5.66. The summed E-state index contributed by atoms with van der Waals surface area (Å²) in [5, 5.41) is 15.2. The van der Waals surface area contributed by atoms with Crippen LogP contribution in [0.2, 0.25) is 0 Å². The predicted octanol–water partition coefficient (Wildman–Crippen LogP) is 0.0691. The topological polar surface area (TPSA) is 95.2 Å². The van der Waals surface area contributed by atoms with Crippen molar-refractivity contribution in [3.63, 3.8) is 0 Å². The van der Waals surface area contributed by atoms with E-state index >= 15 is 0 Å². The zero-order valence-corrected chi connectivity index (χ0v) is 6.90. The summed E-state index contributed by atoms with van der Waals surface area (Å²) in [6.45, 7) is 1.03. The van der Waals surface area contributed by atoms with Crippen LogP contribution in [0.3, 0.4) is 0 Å². The molecule has 0 bridgehead atoms. The van der Waals surface area contributed by atoms with Crippen molar-refractivity contribution in [1.82, 2.24) is 15.1 Å². The van der Waals surface area contributed by atoms with Gasteiger partial charge in [0.05, 0.1) is 5.69 Å². The number of anilines is 1. The molecule has 2 rings (SSSR count). The average Bonchev–Trinajstić information content (AvgIpc) is 2.31. The van der Waals surface area contributed by atoms with Crippen molar-refractivity contribution >= 4 is 11.9 Å². The van der Waals surface area contributed by atoms with Crippen LogP contribution in [-0.4, -0.2) is 39.4 Å². The van der Waals surface area contributed by atoms with Gasteiger partial charge in [0.1, 0.15) is 5.82 Å². The van der Waals surface area contributed by atoms with Gasteiger partial charge < -0.3 is 15.7 Å². The number of nitrogens with two attached hydrogens (primary N) is 1. The fourth-order valence-corrected chi connectivity index (χ4v) is 1.38. The Bertz CT molecular complexity index is 329. The van der Waals surface area contributed by atoms with Gasteiger partial charge in [-0.05, 0) is 0 Å². The zero-order chi connectivity index (χ0) is 9.42. The number of nitrogen functional groups attached to an aromatic ring is 1. The van der Waals surface area contributed by atoms with Gasteiger partial charge in [0.15, 0.2) is 0 Å². The number of likely N-dealkylation sites (tertiary alicyclic amines) is 1. The van der Waals surface area contributed by atoms with Gasteiger partial charge in [-0.3, -0.25) is 5.10 Å². The molecular formula is C7H10N4O2. The van der Waals surface area contributed by atoms with Crippen LogP contribution >= 0.6 is 0 Å². The van der Waals surface area contributed by atoms with Crippen LogP contribution in [0, 0.1) is 0 Å². The maximum absolute atomic E-state index is 10.4. The highest BCUT2D eigenvalue weighted by Crippen LogP contribution is 2.25. The predicted molar refractivity (Wildman–Crippen MR) is 45.3 cm³/mol. The molecule has 0 unspecified atom stereocenters. The van der Waals surface area contributed by atoms with Crippen molar-refractivity contribution in [1.29, 1.82) is 0 Å². The molecule has 1 aliphatic heterocycles.